The van der Waals surface area contributed by atoms with Crippen LogP contribution in [0.2, 0.25) is 0 Å². The van der Waals surface area contributed by atoms with Crippen molar-refractivity contribution in [2.45, 2.75) is 97.8 Å². The summed E-state index contributed by atoms with van der Waals surface area (Å²) < 4.78 is 0. The van der Waals surface area contributed by atoms with Crippen molar-refractivity contribution in [3.05, 3.63) is 87.6 Å². The topological polar surface area (TPSA) is 36.4 Å². The maximum atomic E-state index is 10.6. The SMILES string of the molecule is CCc1cccc(CC)c1-c1cc(CCC(C)(C)O)c(CN(C)[C@@H]2CCCc3ccccc32)c(C)n1. The van der Waals surface area contributed by atoms with Gasteiger partial charge in [0.05, 0.1) is 11.3 Å². The number of aliphatic hydroxyl groups is 1. The van der Waals surface area contributed by atoms with Gasteiger partial charge in [-0.2, -0.15) is 0 Å². The molecule has 0 spiro atoms. The molecule has 0 fully saturated rings. The third-order valence-corrected chi connectivity index (χ3v) is 7.96. The van der Waals surface area contributed by atoms with E-state index < -0.39 is 5.60 Å². The van der Waals surface area contributed by atoms with E-state index in [1.807, 2.05) is 13.8 Å². The van der Waals surface area contributed by atoms with Crippen LogP contribution in [0.25, 0.3) is 11.3 Å². The van der Waals surface area contributed by atoms with Gasteiger partial charge in [-0.15, -0.1) is 0 Å². The number of hydrogen-bond acceptors (Lipinski definition) is 3. The minimum atomic E-state index is -0.696. The highest BCUT2D eigenvalue weighted by atomic mass is 16.3. The van der Waals surface area contributed by atoms with Crippen molar-refractivity contribution in [2.24, 2.45) is 0 Å². The lowest BCUT2D eigenvalue weighted by Crippen LogP contribution is -2.28. The van der Waals surface area contributed by atoms with Crippen LogP contribution in [0.1, 0.15) is 92.1 Å². The van der Waals surface area contributed by atoms with Crippen molar-refractivity contribution in [1.29, 1.82) is 0 Å². The lowest BCUT2D eigenvalue weighted by atomic mass is 9.86. The molecule has 0 saturated heterocycles. The molecule has 192 valence electrons. The van der Waals surface area contributed by atoms with Crippen LogP contribution in [0, 0.1) is 6.92 Å². The van der Waals surface area contributed by atoms with Crippen LogP contribution in [0.5, 0.6) is 0 Å². The zero-order valence-electron chi connectivity index (χ0n) is 23.2. The Hall–Kier alpha value is -2.49. The normalized spacial score (nSPS) is 15.8. The van der Waals surface area contributed by atoms with E-state index in [9.17, 15) is 5.11 Å². The zero-order valence-corrected chi connectivity index (χ0v) is 23.2. The molecule has 3 aromatic rings. The monoisotopic (exact) mass is 484 g/mol. The number of aryl methyl sites for hydroxylation is 5. The van der Waals surface area contributed by atoms with Gasteiger partial charge in [0, 0.05) is 23.8 Å². The molecule has 3 nitrogen and oxygen atoms in total. The number of fused-ring (bicyclic) bond motifs is 1. The summed E-state index contributed by atoms with van der Waals surface area (Å²) in [6.45, 7) is 11.3. The van der Waals surface area contributed by atoms with Crippen LogP contribution < -0.4 is 0 Å². The first-order valence-electron chi connectivity index (χ1n) is 13.8. The molecule has 1 atom stereocenters. The molecule has 0 saturated carbocycles. The van der Waals surface area contributed by atoms with Gasteiger partial charge in [-0.25, -0.2) is 0 Å². The van der Waals surface area contributed by atoms with E-state index >= 15 is 0 Å². The smallest absolute Gasteiger partial charge is 0.0713 e. The van der Waals surface area contributed by atoms with Gasteiger partial charge in [0.15, 0.2) is 0 Å². The fourth-order valence-corrected chi connectivity index (χ4v) is 5.89. The predicted molar refractivity (Wildman–Crippen MR) is 151 cm³/mol. The van der Waals surface area contributed by atoms with Crippen LogP contribution in [-0.4, -0.2) is 27.6 Å². The van der Waals surface area contributed by atoms with Gasteiger partial charge in [0.2, 0.25) is 0 Å². The highest BCUT2D eigenvalue weighted by Crippen LogP contribution is 2.36. The molecule has 1 aromatic heterocycles. The number of hydrogen-bond donors (Lipinski definition) is 1. The maximum Gasteiger partial charge on any atom is 0.0713 e. The predicted octanol–water partition coefficient (Wildman–Crippen LogP) is 7.39. The van der Waals surface area contributed by atoms with Gasteiger partial charge < -0.3 is 5.11 Å². The Labute approximate surface area is 218 Å². The van der Waals surface area contributed by atoms with Crippen LogP contribution in [0.4, 0.5) is 0 Å². The molecule has 0 amide bonds. The summed E-state index contributed by atoms with van der Waals surface area (Å²) in [5.41, 5.74) is 11.1. The second kappa shape index (κ2) is 11.3. The fraction of sp³-hybridized carbons (Fsp3) is 0.485. The Balaban J connectivity index is 1.74. The summed E-state index contributed by atoms with van der Waals surface area (Å²) in [7, 11) is 2.27. The molecule has 0 aliphatic heterocycles. The van der Waals surface area contributed by atoms with Gasteiger partial charge in [-0.05, 0) is 112 Å². The quantitative estimate of drug-likeness (QED) is 0.344. The summed E-state index contributed by atoms with van der Waals surface area (Å²) in [5.74, 6) is 0. The van der Waals surface area contributed by atoms with Crippen molar-refractivity contribution in [1.82, 2.24) is 9.88 Å². The molecule has 4 rings (SSSR count). The van der Waals surface area contributed by atoms with Crippen molar-refractivity contribution < 1.29 is 5.11 Å². The third kappa shape index (κ3) is 5.90. The van der Waals surface area contributed by atoms with E-state index in [4.69, 9.17) is 4.98 Å². The molecule has 1 heterocycles. The highest BCUT2D eigenvalue weighted by Gasteiger charge is 2.25. The number of nitrogens with zero attached hydrogens (tertiary/aromatic N) is 2. The molecule has 2 aromatic carbocycles. The molecule has 1 aliphatic carbocycles. The highest BCUT2D eigenvalue weighted by molar-refractivity contribution is 5.69. The first-order valence-corrected chi connectivity index (χ1v) is 13.8. The van der Waals surface area contributed by atoms with Gasteiger partial charge in [0.1, 0.15) is 0 Å². The molecule has 36 heavy (non-hydrogen) atoms. The zero-order chi connectivity index (χ0) is 25.9. The molecular formula is C33H44N2O. The second-order valence-electron chi connectivity index (χ2n) is 11.2. The van der Waals surface area contributed by atoms with E-state index in [0.29, 0.717) is 6.04 Å². The standard InChI is InChI=1S/C33H44N2O/c1-7-24-14-11-15-25(8-2)32(24)30-21-27(19-20-33(4,5)36)29(23(3)34-30)22-35(6)31-18-12-16-26-13-9-10-17-28(26)31/h9-11,13-15,17,21,31,36H,7-8,12,16,18-20,22H2,1-6H3/t31-/m1/s1. The third-order valence-electron chi connectivity index (χ3n) is 7.96. The van der Waals surface area contributed by atoms with Crippen molar-refractivity contribution in [2.75, 3.05) is 7.05 Å². The van der Waals surface area contributed by atoms with E-state index in [1.54, 1.807) is 0 Å². The largest absolute Gasteiger partial charge is 0.390 e. The summed E-state index contributed by atoms with van der Waals surface area (Å²) in [6.07, 6.45) is 7.18. The van der Waals surface area contributed by atoms with Crippen LogP contribution in [0.15, 0.2) is 48.5 Å². The van der Waals surface area contributed by atoms with Gasteiger partial charge in [-0.1, -0.05) is 56.3 Å². The second-order valence-corrected chi connectivity index (χ2v) is 11.2. The van der Waals surface area contributed by atoms with Crippen molar-refractivity contribution >= 4 is 0 Å². The van der Waals surface area contributed by atoms with E-state index in [-0.39, 0.29) is 0 Å². The van der Waals surface area contributed by atoms with Gasteiger partial charge >= 0.3 is 0 Å². The molecular weight excluding hydrogens is 440 g/mol. The summed E-state index contributed by atoms with van der Waals surface area (Å²) >= 11 is 0. The number of rotatable bonds is 9. The summed E-state index contributed by atoms with van der Waals surface area (Å²) in [4.78, 5) is 7.74. The average molecular weight is 485 g/mol. The first kappa shape index (κ1) is 26.6. The molecule has 0 radical (unpaired) electrons. The summed E-state index contributed by atoms with van der Waals surface area (Å²) in [6, 6.07) is 18.4. The molecule has 3 heteroatoms. The summed E-state index contributed by atoms with van der Waals surface area (Å²) in [5, 5.41) is 10.6. The lowest BCUT2D eigenvalue weighted by molar-refractivity contribution is 0.0712. The molecule has 1 aliphatic rings. The Morgan fingerprint density at radius 2 is 1.69 bits per heavy atom. The Kier molecular flexibility index (Phi) is 8.32. The molecule has 0 unspecified atom stereocenters. The van der Waals surface area contributed by atoms with Crippen LogP contribution >= 0.6 is 0 Å². The average Bonchev–Trinajstić information content (AvgIpc) is 2.87. The Morgan fingerprint density at radius 3 is 2.36 bits per heavy atom. The molecule has 1 N–H and O–H groups in total. The number of pyridine rings is 1. The van der Waals surface area contributed by atoms with Crippen LogP contribution in [-0.2, 0) is 32.2 Å². The first-order chi connectivity index (χ1) is 17.2. The lowest BCUT2D eigenvalue weighted by Gasteiger charge is -2.34. The number of benzene rings is 2. The van der Waals surface area contributed by atoms with E-state index in [1.165, 1.54) is 58.2 Å². The van der Waals surface area contributed by atoms with E-state index in [2.05, 4.69) is 81.2 Å². The Morgan fingerprint density at radius 1 is 1.00 bits per heavy atom. The van der Waals surface area contributed by atoms with Crippen molar-refractivity contribution in [3.63, 3.8) is 0 Å². The van der Waals surface area contributed by atoms with E-state index in [0.717, 1.165) is 43.6 Å². The fourth-order valence-electron chi connectivity index (χ4n) is 5.89. The Bertz CT molecular complexity index is 1170. The minimum Gasteiger partial charge on any atom is -0.390 e. The minimum absolute atomic E-state index is 0.434. The molecule has 0 bridgehead atoms. The van der Waals surface area contributed by atoms with Crippen molar-refractivity contribution in [3.8, 4) is 11.3 Å². The van der Waals surface area contributed by atoms with Gasteiger partial charge in [-0.3, -0.25) is 9.88 Å². The number of aromatic nitrogens is 1. The van der Waals surface area contributed by atoms with Gasteiger partial charge in [0.25, 0.3) is 0 Å². The maximum absolute atomic E-state index is 10.6. The van der Waals surface area contributed by atoms with Crippen LogP contribution in [0.3, 0.4) is 0 Å².